The molecular weight excluding hydrogens is 160 g/mol. The van der Waals surface area contributed by atoms with Crippen LogP contribution in [-0.2, 0) is 9.53 Å². The van der Waals surface area contributed by atoms with Crippen LogP contribution in [0, 0.1) is 4.91 Å². The summed E-state index contributed by atoms with van der Waals surface area (Å²) in [6.07, 6.45) is 1.50. The quantitative estimate of drug-likeness (QED) is 0.464. The van der Waals surface area contributed by atoms with E-state index in [1.807, 2.05) is 0 Å². The van der Waals surface area contributed by atoms with Crippen molar-refractivity contribution in [3.63, 3.8) is 0 Å². The van der Waals surface area contributed by atoms with Crippen LogP contribution in [0.5, 0.6) is 0 Å². The lowest BCUT2D eigenvalue weighted by Gasteiger charge is -2.15. The Morgan fingerprint density at radius 3 is 3.08 bits per heavy atom. The molecule has 0 radical (unpaired) electrons. The van der Waals surface area contributed by atoms with Crippen LogP contribution in [0.4, 0.5) is 0 Å². The van der Waals surface area contributed by atoms with Crippen molar-refractivity contribution in [3.05, 3.63) is 4.91 Å². The Morgan fingerprint density at radius 2 is 2.50 bits per heavy atom. The molecule has 12 heavy (non-hydrogen) atoms. The molecule has 0 aliphatic carbocycles. The fourth-order valence-electron chi connectivity index (χ4n) is 1.33. The molecule has 0 saturated carbocycles. The van der Waals surface area contributed by atoms with Gasteiger partial charge in [0.05, 0.1) is 11.9 Å². The van der Waals surface area contributed by atoms with Crippen LogP contribution in [0.25, 0.3) is 0 Å². The largest absolute Gasteiger partial charge is 0.464 e. The molecule has 5 heteroatoms. The Hall–Kier alpha value is -1.13. The second kappa shape index (κ2) is 4.04. The Morgan fingerprint density at radius 1 is 1.75 bits per heavy atom. The monoisotopic (exact) mass is 172 g/mol. The zero-order valence-corrected chi connectivity index (χ0v) is 7.02. The van der Waals surface area contributed by atoms with E-state index in [9.17, 15) is 9.70 Å². The maximum absolute atomic E-state index is 11.2. The van der Waals surface area contributed by atoms with Gasteiger partial charge in [-0.25, -0.2) is 9.80 Å². The number of hydrogen-bond acceptors (Lipinski definition) is 4. The predicted octanol–water partition coefficient (Wildman–Crippen LogP) is 0.695. The first-order valence-corrected chi connectivity index (χ1v) is 4.06. The molecule has 0 spiro atoms. The molecule has 0 aromatic carbocycles. The summed E-state index contributed by atoms with van der Waals surface area (Å²) in [5.41, 5.74) is 0. The Labute approximate surface area is 70.6 Å². The Kier molecular flexibility index (Phi) is 3.01. The summed E-state index contributed by atoms with van der Waals surface area (Å²) in [6, 6.07) is -0.442. The fourth-order valence-corrected chi connectivity index (χ4v) is 1.33. The topological polar surface area (TPSA) is 59.0 Å². The number of carbonyl (C=O) groups is 1. The van der Waals surface area contributed by atoms with Crippen molar-refractivity contribution < 1.29 is 9.53 Å². The van der Waals surface area contributed by atoms with Gasteiger partial charge in [-0.15, -0.1) is 4.91 Å². The van der Waals surface area contributed by atoms with E-state index in [1.165, 1.54) is 5.01 Å². The van der Waals surface area contributed by atoms with Crippen LogP contribution in [0.1, 0.15) is 19.8 Å². The number of nitroso groups, excluding NO2 is 1. The summed E-state index contributed by atoms with van der Waals surface area (Å²) in [5, 5.41) is 4.00. The SMILES string of the molecule is CCOC(=O)[C@@H]1CCCN1N=O. The van der Waals surface area contributed by atoms with Gasteiger partial charge in [-0.05, 0) is 19.8 Å². The second-order valence-corrected chi connectivity index (χ2v) is 2.65. The summed E-state index contributed by atoms with van der Waals surface area (Å²) < 4.78 is 4.78. The van der Waals surface area contributed by atoms with Gasteiger partial charge in [0.25, 0.3) is 0 Å². The molecule has 1 atom stereocenters. The first-order valence-electron chi connectivity index (χ1n) is 4.06. The number of rotatable bonds is 3. The van der Waals surface area contributed by atoms with E-state index in [1.54, 1.807) is 6.92 Å². The second-order valence-electron chi connectivity index (χ2n) is 2.65. The van der Waals surface area contributed by atoms with E-state index in [-0.39, 0.29) is 5.97 Å². The lowest BCUT2D eigenvalue weighted by Crippen LogP contribution is -2.33. The molecule has 5 nitrogen and oxygen atoms in total. The molecule has 1 aliphatic rings. The molecule has 68 valence electrons. The molecule has 0 N–H and O–H groups in total. The van der Waals surface area contributed by atoms with Crippen LogP contribution in [-0.4, -0.2) is 30.2 Å². The van der Waals surface area contributed by atoms with Gasteiger partial charge in [0.2, 0.25) is 0 Å². The standard InChI is InChI=1S/C7H12N2O3/c1-2-12-7(10)6-4-3-5-9(6)8-11/h6H,2-5H2,1H3/t6-/m0/s1. The Bertz CT molecular complexity index is 183. The summed E-state index contributed by atoms with van der Waals surface area (Å²) in [6.45, 7) is 2.65. The smallest absolute Gasteiger partial charge is 0.330 e. The first-order chi connectivity index (χ1) is 5.79. The molecular formula is C7H12N2O3. The van der Waals surface area contributed by atoms with Gasteiger partial charge >= 0.3 is 5.97 Å². The average Bonchev–Trinajstić information content (AvgIpc) is 2.51. The third-order valence-corrected chi connectivity index (χ3v) is 1.89. The Balaban J connectivity index is 2.49. The molecule has 0 unspecified atom stereocenters. The van der Waals surface area contributed by atoms with E-state index in [0.29, 0.717) is 19.6 Å². The van der Waals surface area contributed by atoms with Crippen molar-refractivity contribution in [2.75, 3.05) is 13.2 Å². The predicted molar refractivity (Wildman–Crippen MR) is 42.2 cm³/mol. The maximum atomic E-state index is 11.2. The highest BCUT2D eigenvalue weighted by atomic mass is 16.5. The van der Waals surface area contributed by atoms with Crippen LogP contribution in [0.2, 0.25) is 0 Å². The molecule has 1 fully saturated rings. The van der Waals surface area contributed by atoms with Crippen molar-refractivity contribution in [1.29, 1.82) is 0 Å². The van der Waals surface area contributed by atoms with Crippen LogP contribution < -0.4 is 0 Å². The van der Waals surface area contributed by atoms with Gasteiger partial charge in [-0.2, -0.15) is 0 Å². The number of esters is 1. The number of nitrogens with zero attached hydrogens (tertiary/aromatic N) is 2. The summed E-state index contributed by atoms with van der Waals surface area (Å²) >= 11 is 0. The van der Waals surface area contributed by atoms with Gasteiger partial charge in [-0.3, -0.25) is 0 Å². The summed E-state index contributed by atoms with van der Waals surface area (Å²) in [7, 11) is 0. The molecule has 0 amide bonds. The minimum atomic E-state index is -0.442. The van der Waals surface area contributed by atoms with Crippen molar-refractivity contribution in [2.24, 2.45) is 5.29 Å². The number of hydrogen-bond donors (Lipinski definition) is 0. The molecule has 1 aliphatic heterocycles. The van der Waals surface area contributed by atoms with E-state index in [0.717, 1.165) is 6.42 Å². The van der Waals surface area contributed by atoms with Crippen molar-refractivity contribution in [2.45, 2.75) is 25.8 Å². The van der Waals surface area contributed by atoms with Crippen molar-refractivity contribution >= 4 is 5.97 Å². The van der Waals surface area contributed by atoms with Gasteiger partial charge < -0.3 is 4.74 Å². The lowest BCUT2D eigenvalue weighted by atomic mass is 10.2. The van der Waals surface area contributed by atoms with E-state index < -0.39 is 6.04 Å². The van der Waals surface area contributed by atoms with Crippen molar-refractivity contribution in [1.82, 2.24) is 5.01 Å². The highest BCUT2D eigenvalue weighted by Crippen LogP contribution is 2.18. The number of ether oxygens (including phenoxy) is 1. The van der Waals surface area contributed by atoms with Crippen LogP contribution >= 0.6 is 0 Å². The average molecular weight is 172 g/mol. The molecule has 0 bridgehead atoms. The zero-order chi connectivity index (χ0) is 8.97. The molecule has 1 heterocycles. The molecule has 0 aromatic heterocycles. The summed E-state index contributed by atoms with van der Waals surface area (Å²) in [4.78, 5) is 21.3. The fraction of sp³-hybridized carbons (Fsp3) is 0.857. The first kappa shape index (κ1) is 8.96. The molecule has 0 aromatic rings. The minimum Gasteiger partial charge on any atom is -0.464 e. The van der Waals surface area contributed by atoms with Gasteiger partial charge in [0.15, 0.2) is 0 Å². The lowest BCUT2D eigenvalue weighted by molar-refractivity contribution is -0.148. The van der Waals surface area contributed by atoms with Crippen molar-refractivity contribution in [3.8, 4) is 0 Å². The van der Waals surface area contributed by atoms with Gasteiger partial charge in [0.1, 0.15) is 6.04 Å². The van der Waals surface area contributed by atoms with E-state index in [4.69, 9.17) is 4.74 Å². The van der Waals surface area contributed by atoms with Crippen LogP contribution in [0.15, 0.2) is 5.29 Å². The van der Waals surface area contributed by atoms with Gasteiger partial charge in [-0.1, -0.05) is 0 Å². The number of carbonyl (C=O) groups excluding carboxylic acids is 1. The minimum absolute atomic E-state index is 0.338. The van der Waals surface area contributed by atoms with Crippen LogP contribution in [0.3, 0.4) is 0 Å². The maximum Gasteiger partial charge on any atom is 0.330 e. The molecule has 1 saturated heterocycles. The molecule has 1 rings (SSSR count). The van der Waals surface area contributed by atoms with E-state index >= 15 is 0 Å². The highest BCUT2D eigenvalue weighted by molar-refractivity contribution is 5.76. The normalized spacial score (nSPS) is 22.4. The van der Waals surface area contributed by atoms with Gasteiger partial charge in [0, 0.05) is 6.54 Å². The third-order valence-electron chi connectivity index (χ3n) is 1.89. The van der Waals surface area contributed by atoms with E-state index in [2.05, 4.69) is 5.29 Å². The summed E-state index contributed by atoms with van der Waals surface area (Å²) in [5.74, 6) is -0.338. The highest BCUT2D eigenvalue weighted by Gasteiger charge is 2.31. The third kappa shape index (κ3) is 1.72. The zero-order valence-electron chi connectivity index (χ0n) is 7.02.